The second-order valence-electron chi connectivity index (χ2n) is 6.54. The minimum atomic E-state index is -0.597. The Labute approximate surface area is 179 Å². The molecule has 11 heteroatoms. The van der Waals surface area contributed by atoms with Gasteiger partial charge in [0.2, 0.25) is 5.89 Å². The summed E-state index contributed by atoms with van der Waals surface area (Å²) in [6, 6.07) is 16.5. The Kier molecular flexibility index (Phi) is 5.45. The number of nitro benzene ring substituents is 2. The van der Waals surface area contributed by atoms with E-state index in [1.165, 1.54) is 36.4 Å². The number of hydrogen-bond donors (Lipinski definition) is 1. The van der Waals surface area contributed by atoms with Crippen molar-refractivity contribution in [2.45, 2.75) is 0 Å². The van der Waals surface area contributed by atoms with Gasteiger partial charge >= 0.3 is 5.69 Å². The Morgan fingerprint density at radius 3 is 2.53 bits per heavy atom. The lowest BCUT2D eigenvalue weighted by molar-refractivity contribution is -0.385. The van der Waals surface area contributed by atoms with Crippen LogP contribution in [0, 0.1) is 20.2 Å². The molecule has 160 valence electrons. The zero-order chi connectivity index (χ0) is 22.7. The average Bonchev–Trinajstić information content (AvgIpc) is 3.21. The monoisotopic (exact) mass is 434 g/mol. The van der Waals surface area contributed by atoms with Gasteiger partial charge in [0.15, 0.2) is 17.9 Å². The second kappa shape index (κ2) is 8.52. The van der Waals surface area contributed by atoms with E-state index < -0.39 is 22.4 Å². The molecule has 1 N–H and O–H groups in total. The summed E-state index contributed by atoms with van der Waals surface area (Å²) >= 11 is 0. The summed E-state index contributed by atoms with van der Waals surface area (Å²) in [7, 11) is 0. The van der Waals surface area contributed by atoms with Gasteiger partial charge in [-0.25, -0.2) is 4.98 Å². The number of nitro groups is 2. The van der Waals surface area contributed by atoms with E-state index in [9.17, 15) is 25.0 Å². The van der Waals surface area contributed by atoms with E-state index in [-0.39, 0.29) is 28.6 Å². The van der Waals surface area contributed by atoms with Gasteiger partial charge in [0, 0.05) is 12.1 Å². The number of carbonyl (C=O) groups is 1. The van der Waals surface area contributed by atoms with Crippen molar-refractivity contribution in [3.05, 3.63) is 87.0 Å². The Balaban J connectivity index is 1.54. The average molecular weight is 434 g/mol. The second-order valence-corrected chi connectivity index (χ2v) is 6.54. The molecule has 4 rings (SSSR count). The molecule has 0 aliphatic rings. The molecule has 0 atom stereocenters. The summed E-state index contributed by atoms with van der Waals surface area (Å²) in [5.41, 5.74) is 1.09. The van der Waals surface area contributed by atoms with E-state index in [4.69, 9.17) is 9.15 Å². The fourth-order valence-electron chi connectivity index (χ4n) is 2.98. The minimum absolute atomic E-state index is 0.0264. The number of non-ortho nitro benzene ring substituents is 1. The van der Waals surface area contributed by atoms with E-state index in [0.29, 0.717) is 16.8 Å². The molecular weight excluding hydrogens is 420 g/mol. The van der Waals surface area contributed by atoms with Crippen molar-refractivity contribution >= 4 is 34.1 Å². The van der Waals surface area contributed by atoms with Crippen LogP contribution in [-0.2, 0) is 4.79 Å². The third-order valence-corrected chi connectivity index (χ3v) is 4.44. The van der Waals surface area contributed by atoms with Crippen LogP contribution >= 0.6 is 0 Å². The molecule has 0 bridgehead atoms. The maximum atomic E-state index is 12.4. The van der Waals surface area contributed by atoms with Crippen LogP contribution in [0.2, 0.25) is 0 Å². The van der Waals surface area contributed by atoms with Crippen LogP contribution in [0.25, 0.3) is 22.6 Å². The van der Waals surface area contributed by atoms with Crippen LogP contribution < -0.4 is 10.1 Å². The number of carbonyl (C=O) groups excluding carboxylic acids is 1. The zero-order valence-electron chi connectivity index (χ0n) is 16.3. The van der Waals surface area contributed by atoms with E-state index in [0.717, 1.165) is 0 Å². The van der Waals surface area contributed by atoms with Gasteiger partial charge in [-0.2, -0.15) is 0 Å². The smallest absolute Gasteiger partial charge is 0.310 e. The van der Waals surface area contributed by atoms with Crippen LogP contribution in [0.3, 0.4) is 0 Å². The molecule has 1 amide bonds. The zero-order valence-corrected chi connectivity index (χ0v) is 16.3. The van der Waals surface area contributed by atoms with Crippen molar-refractivity contribution in [2.24, 2.45) is 0 Å². The quantitative estimate of drug-likeness (QED) is 0.333. The van der Waals surface area contributed by atoms with Crippen molar-refractivity contribution in [1.29, 1.82) is 0 Å². The Bertz CT molecular complexity index is 1350. The van der Waals surface area contributed by atoms with Gasteiger partial charge in [0.05, 0.1) is 27.2 Å². The molecule has 11 nitrogen and oxygen atoms in total. The van der Waals surface area contributed by atoms with E-state index in [1.807, 2.05) is 0 Å². The molecular formula is C21H14N4O7. The number of amides is 1. The molecule has 0 fully saturated rings. The molecule has 3 aromatic carbocycles. The van der Waals surface area contributed by atoms with Gasteiger partial charge < -0.3 is 14.5 Å². The third kappa shape index (κ3) is 4.21. The lowest BCUT2D eigenvalue weighted by atomic mass is 10.1. The van der Waals surface area contributed by atoms with Gasteiger partial charge in [-0.05, 0) is 24.3 Å². The number of anilines is 1. The summed E-state index contributed by atoms with van der Waals surface area (Å²) in [5, 5.41) is 24.7. The first-order valence-corrected chi connectivity index (χ1v) is 9.23. The summed E-state index contributed by atoms with van der Waals surface area (Å²) in [4.78, 5) is 37.6. The highest BCUT2D eigenvalue weighted by molar-refractivity contribution is 5.96. The van der Waals surface area contributed by atoms with Crippen LogP contribution in [-0.4, -0.2) is 27.3 Å². The molecule has 0 radical (unpaired) electrons. The van der Waals surface area contributed by atoms with Gasteiger partial charge in [-0.15, -0.1) is 0 Å². The minimum Gasteiger partial charge on any atom is -0.477 e. The SMILES string of the molecule is O=C(COc1ccccc1[N+](=O)[O-])Nc1ccccc1-c1nc2ccc([N+](=O)[O-])cc2o1. The van der Waals surface area contributed by atoms with Gasteiger partial charge in [0.1, 0.15) is 5.52 Å². The first-order chi connectivity index (χ1) is 15.4. The predicted molar refractivity (Wildman–Crippen MR) is 113 cm³/mol. The number of fused-ring (bicyclic) bond motifs is 1. The third-order valence-electron chi connectivity index (χ3n) is 4.44. The number of hydrogen-bond acceptors (Lipinski definition) is 8. The number of para-hydroxylation sites is 3. The topological polar surface area (TPSA) is 151 Å². The summed E-state index contributed by atoms with van der Waals surface area (Å²) in [6.07, 6.45) is 0. The molecule has 0 unspecified atom stereocenters. The fraction of sp³-hybridized carbons (Fsp3) is 0.0476. The van der Waals surface area contributed by atoms with Crippen molar-refractivity contribution in [2.75, 3.05) is 11.9 Å². The summed E-state index contributed by atoms with van der Waals surface area (Å²) < 4.78 is 11.0. The normalized spacial score (nSPS) is 10.6. The number of rotatable bonds is 7. The van der Waals surface area contributed by atoms with Crippen molar-refractivity contribution < 1.29 is 23.8 Å². The molecule has 0 saturated heterocycles. The standard InChI is InChI=1S/C21H14N4O7/c26-20(12-31-18-8-4-3-7-17(18)25(29)30)22-15-6-2-1-5-14(15)21-23-16-10-9-13(24(27)28)11-19(16)32-21/h1-11H,12H2,(H,22,26). The predicted octanol–water partition coefficient (Wildman–Crippen LogP) is 4.33. The number of nitrogens with one attached hydrogen (secondary N) is 1. The highest BCUT2D eigenvalue weighted by Gasteiger charge is 2.18. The number of benzene rings is 3. The maximum Gasteiger partial charge on any atom is 0.310 e. The fourth-order valence-corrected chi connectivity index (χ4v) is 2.98. The van der Waals surface area contributed by atoms with Crippen LogP contribution in [0.1, 0.15) is 0 Å². The van der Waals surface area contributed by atoms with Crippen molar-refractivity contribution in [1.82, 2.24) is 4.98 Å². The summed E-state index contributed by atoms with van der Waals surface area (Å²) in [5.74, 6) is -0.417. The van der Waals surface area contributed by atoms with Crippen LogP contribution in [0.4, 0.5) is 17.1 Å². The van der Waals surface area contributed by atoms with E-state index in [2.05, 4.69) is 10.3 Å². The molecule has 0 spiro atoms. The van der Waals surface area contributed by atoms with Gasteiger partial charge in [0.25, 0.3) is 11.6 Å². The molecule has 1 heterocycles. The molecule has 32 heavy (non-hydrogen) atoms. The number of oxazole rings is 1. The summed E-state index contributed by atoms with van der Waals surface area (Å²) in [6.45, 7) is -0.459. The molecule has 1 aromatic heterocycles. The Morgan fingerprint density at radius 1 is 1.00 bits per heavy atom. The van der Waals surface area contributed by atoms with Crippen LogP contribution in [0.15, 0.2) is 71.1 Å². The largest absolute Gasteiger partial charge is 0.477 e. The number of nitrogens with zero attached hydrogens (tertiary/aromatic N) is 3. The van der Waals surface area contributed by atoms with E-state index in [1.54, 1.807) is 30.3 Å². The Morgan fingerprint density at radius 2 is 1.75 bits per heavy atom. The van der Waals surface area contributed by atoms with Crippen molar-refractivity contribution in [3.63, 3.8) is 0 Å². The number of aromatic nitrogens is 1. The van der Waals surface area contributed by atoms with E-state index >= 15 is 0 Å². The highest BCUT2D eigenvalue weighted by Crippen LogP contribution is 2.31. The lowest BCUT2D eigenvalue weighted by Gasteiger charge is -2.10. The molecule has 0 aliphatic heterocycles. The van der Waals surface area contributed by atoms with Gasteiger partial charge in [-0.1, -0.05) is 24.3 Å². The van der Waals surface area contributed by atoms with Crippen molar-refractivity contribution in [3.8, 4) is 17.2 Å². The maximum absolute atomic E-state index is 12.4. The first-order valence-electron chi connectivity index (χ1n) is 9.23. The first kappa shape index (κ1) is 20.5. The Hall–Kier alpha value is -4.80. The van der Waals surface area contributed by atoms with Crippen LogP contribution in [0.5, 0.6) is 5.75 Å². The number of ether oxygens (including phenoxy) is 1. The molecule has 0 saturated carbocycles. The molecule has 0 aliphatic carbocycles. The lowest BCUT2D eigenvalue weighted by Crippen LogP contribution is -2.20. The molecule has 4 aromatic rings. The van der Waals surface area contributed by atoms with Gasteiger partial charge in [-0.3, -0.25) is 25.0 Å². The highest BCUT2D eigenvalue weighted by atomic mass is 16.6.